The van der Waals surface area contributed by atoms with Crippen LogP contribution in [0.15, 0.2) is 24.3 Å². The highest BCUT2D eigenvalue weighted by molar-refractivity contribution is 5.82. The Hall–Kier alpha value is -2.83. The van der Waals surface area contributed by atoms with E-state index in [4.69, 9.17) is 4.74 Å². The number of nitrogens with one attached hydrogen (secondary N) is 3. The van der Waals surface area contributed by atoms with E-state index in [0.29, 0.717) is 38.9 Å². The zero-order valence-electron chi connectivity index (χ0n) is 20.6. The van der Waals surface area contributed by atoms with Gasteiger partial charge in [-0.05, 0) is 64.7 Å². The summed E-state index contributed by atoms with van der Waals surface area (Å²) >= 11 is 0. The lowest BCUT2D eigenvalue weighted by molar-refractivity contribution is -0.128. The van der Waals surface area contributed by atoms with Gasteiger partial charge in [-0.2, -0.15) is 5.26 Å². The van der Waals surface area contributed by atoms with Gasteiger partial charge in [0.15, 0.2) is 0 Å². The molecule has 3 atom stereocenters. The predicted molar refractivity (Wildman–Crippen MR) is 128 cm³/mol. The van der Waals surface area contributed by atoms with Gasteiger partial charge in [0.05, 0.1) is 23.9 Å². The Kier molecular flexibility index (Phi) is 6.74. The molecule has 1 aromatic rings. The Bertz CT molecular complexity index is 960. The second-order valence-electron chi connectivity index (χ2n) is 10.7. The van der Waals surface area contributed by atoms with Crippen molar-refractivity contribution in [3.05, 3.63) is 29.8 Å². The molecule has 9 heteroatoms. The number of rotatable bonds is 4. The average molecular weight is 469 g/mol. The summed E-state index contributed by atoms with van der Waals surface area (Å²) in [6, 6.07) is 10.4. The van der Waals surface area contributed by atoms with Crippen molar-refractivity contribution >= 4 is 17.7 Å². The lowest BCUT2D eigenvalue weighted by Gasteiger charge is -2.48. The summed E-state index contributed by atoms with van der Waals surface area (Å²) in [6.07, 6.45) is 1.79. The summed E-state index contributed by atoms with van der Waals surface area (Å²) < 4.78 is 5.55. The molecule has 3 N–H and O–H groups in total. The summed E-state index contributed by atoms with van der Waals surface area (Å²) in [5, 5.41) is 18.5. The molecular weight excluding hydrogens is 432 g/mol. The molecule has 3 unspecified atom stereocenters. The number of amides is 2. The van der Waals surface area contributed by atoms with Crippen molar-refractivity contribution in [3.63, 3.8) is 0 Å². The molecule has 34 heavy (non-hydrogen) atoms. The highest BCUT2D eigenvalue weighted by atomic mass is 16.6. The van der Waals surface area contributed by atoms with Gasteiger partial charge >= 0.3 is 6.09 Å². The number of nitriles is 1. The maximum Gasteiger partial charge on any atom is 0.410 e. The smallest absolute Gasteiger partial charge is 0.410 e. The van der Waals surface area contributed by atoms with Crippen LogP contribution in [0, 0.1) is 24.2 Å². The molecule has 3 aliphatic rings. The van der Waals surface area contributed by atoms with E-state index in [-0.39, 0.29) is 30.1 Å². The molecule has 0 aromatic heterocycles. The van der Waals surface area contributed by atoms with Crippen molar-refractivity contribution in [2.75, 3.05) is 25.0 Å². The van der Waals surface area contributed by atoms with Crippen molar-refractivity contribution in [2.24, 2.45) is 5.92 Å². The van der Waals surface area contributed by atoms with Crippen LogP contribution in [0.1, 0.15) is 52.0 Å². The molecule has 0 aliphatic carbocycles. The van der Waals surface area contributed by atoms with E-state index >= 15 is 0 Å². The van der Waals surface area contributed by atoms with Crippen molar-refractivity contribution in [3.8, 4) is 6.07 Å². The molecule has 3 aliphatic heterocycles. The predicted octanol–water partition coefficient (Wildman–Crippen LogP) is 2.74. The number of hydrogen-bond acceptors (Lipinski definition) is 7. The number of carbonyl (C=O) groups excluding carboxylic acids is 2. The van der Waals surface area contributed by atoms with Crippen LogP contribution in [-0.4, -0.2) is 64.9 Å². The molecule has 184 valence electrons. The third kappa shape index (κ3) is 4.98. The van der Waals surface area contributed by atoms with Gasteiger partial charge in [-0.15, -0.1) is 0 Å². The highest BCUT2D eigenvalue weighted by Crippen LogP contribution is 2.40. The Morgan fingerprint density at radius 2 is 2.06 bits per heavy atom. The normalized spacial score (nSPS) is 26.9. The molecule has 3 heterocycles. The number of nitrogens with zero attached hydrogens (tertiary/aromatic N) is 3. The minimum atomic E-state index is -0.549. The Labute approximate surface area is 201 Å². The molecule has 3 fully saturated rings. The second kappa shape index (κ2) is 9.43. The summed E-state index contributed by atoms with van der Waals surface area (Å²) in [7, 11) is 0. The Morgan fingerprint density at radius 3 is 2.71 bits per heavy atom. The van der Waals surface area contributed by atoms with Crippen LogP contribution in [0.2, 0.25) is 0 Å². The first-order valence-corrected chi connectivity index (χ1v) is 12.1. The number of likely N-dealkylation sites (tertiary alicyclic amines) is 1. The molecule has 2 amide bonds. The monoisotopic (exact) mass is 468 g/mol. The molecule has 0 spiro atoms. The minimum Gasteiger partial charge on any atom is -0.444 e. The molecule has 0 radical (unpaired) electrons. The van der Waals surface area contributed by atoms with E-state index in [1.54, 1.807) is 4.90 Å². The van der Waals surface area contributed by atoms with E-state index in [1.807, 2.05) is 45.9 Å². The van der Waals surface area contributed by atoms with Gasteiger partial charge < -0.3 is 20.3 Å². The van der Waals surface area contributed by atoms with Crippen molar-refractivity contribution in [1.82, 2.24) is 20.7 Å². The maximum absolute atomic E-state index is 13.0. The fourth-order valence-corrected chi connectivity index (χ4v) is 5.41. The first kappa shape index (κ1) is 24.3. The van der Waals surface area contributed by atoms with Crippen LogP contribution in [0.25, 0.3) is 0 Å². The van der Waals surface area contributed by atoms with Gasteiger partial charge in [0.2, 0.25) is 5.91 Å². The van der Waals surface area contributed by atoms with E-state index < -0.39 is 11.1 Å². The Morgan fingerprint density at radius 1 is 1.32 bits per heavy atom. The standard InChI is InChI=1S/C25H36N6O3/c1-17-6-5-7-18(16-17)28-21-20-19(8-13-27-22(20)32)31(29-21)25(9-12-26)10-14-30(15-11-25)23(33)34-24(2,3)4/h5-7,16,19-21,28-29H,8-11,13-15H2,1-4H3,(H,27,32). The molecule has 9 nitrogen and oxygen atoms in total. The SMILES string of the molecule is Cc1cccc(NC2NN(C3(CC#N)CCN(C(=O)OC(C)(C)C)CC3)C3CCNC(=O)C23)c1. The van der Waals surface area contributed by atoms with Gasteiger partial charge in [-0.3, -0.25) is 4.79 Å². The maximum atomic E-state index is 13.0. The number of ether oxygens (including phenoxy) is 1. The second-order valence-corrected chi connectivity index (χ2v) is 10.7. The molecule has 0 bridgehead atoms. The number of carbonyl (C=O) groups is 2. The average Bonchev–Trinajstić information content (AvgIpc) is 3.13. The van der Waals surface area contributed by atoms with Gasteiger partial charge in [0, 0.05) is 31.4 Å². The highest BCUT2D eigenvalue weighted by Gasteiger charge is 2.55. The summed E-state index contributed by atoms with van der Waals surface area (Å²) in [6.45, 7) is 9.25. The largest absolute Gasteiger partial charge is 0.444 e. The van der Waals surface area contributed by atoms with Gasteiger partial charge in [0.1, 0.15) is 11.8 Å². The molecule has 0 saturated carbocycles. The van der Waals surface area contributed by atoms with Crippen molar-refractivity contribution in [2.45, 2.75) is 76.7 Å². The fourth-order valence-electron chi connectivity index (χ4n) is 5.41. The Balaban J connectivity index is 1.55. The quantitative estimate of drug-likeness (QED) is 0.623. The number of aryl methyl sites for hydroxylation is 1. The molecule has 1 aromatic carbocycles. The van der Waals surface area contributed by atoms with E-state index in [1.165, 1.54) is 0 Å². The zero-order valence-corrected chi connectivity index (χ0v) is 20.6. The summed E-state index contributed by atoms with van der Waals surface area (Å²) in [5.41, 5.74) is 4.66. The number of hydrazine groups is 1. The van der Waals surface area contributed by atoms with Gasteiger partial charge in [-0.1, -0.05) is 12.1 Å². The van der Waals surface area contributed by atoms with E-state index in [0.717, 1.165) is 17.7 Å². The van der Waals surface area contributed by atoms with Gasteiger partial charge in [0.25, 0.3) is 0 Å². The molecule has 3 saturated heterocycles. The summed E-state index contributed by atoms with van der Waals surface area (Å²) in [4.78, 5) is 27.3. The van der Waals surface area contributed by atoms with Crippen LogP contribution in [0.3, 0.4) is 0 Å². The van der Waals surface area contributed by atoms with Crippen LogP contribution in [-0.2, 0) is 9.53 Å². The third-order valence-electron chi connectivity index (χ3n) is 7.03. The first-order chi connectivity index (χ1) is 16.1. The zero-order chi connectivity index (χ0) is 24.5. The van der Waals surface area contributed by atoms with Crippen LogP contribution >= 0.6 is 0 Å². The van der Waals surface area contributed by atoms with E-state index in [2.05, 4.69) is 33.2 Å². The lowest BCUT2D eigenvalue weighted by atomic mass is 9.81. The third-order valence-corrected chi connectivity index (χ3v) is 7.03. The minimum absolute atomic E-state index is 0.0229. The number of benzene rings is 1. The number of fused-ring (bicyclic) bond motifs is 1. The topological polar surface area (TPSA) is 110 Å². The lowest BCUT2D eigenvalue weighted by Crippen LogP contribution is -2.62. The van der Waals surface area contributed by atoms with Crippen molar-refractivity contribution in [1.29, 1.82) is 5.26 Å². The van der Waals surface area contributed by atoms with Crippen LogP contribution < -0.4 is 16.1 Å². The van der Waals surface area contributed by atoms with E-state index in [9.17, 15) is 14.9 Å². The first-order valence-electron chi connectivity index (χ1n) is 12.1. The molecule has 4 rings (SSSR count). The van der Waals surface area contributed by atoms with Gasteiger partial charge in [-0.25, -0.2) is 15.2 Å². The van der Waals surface area contributed by atoms with Crippen LogP contribution in [0.4, 0.5) is 10.5 Å². The summed E-state index contributed by atoms with van der Waals surface area (Å²) in [5.74, 6) is -0.261. The molecular formula is C25H36N6O3. The number of piperidine rings is 2. The number of anilines is 1. The number of hydrogen-bond donors (Lipinski definition) is 3. The van der Waals surface area contributed by atoms with Crippen LogP contribution in [0.5, 0.6) is 0 Å². The van der Waals surface area contributed by atoms with Crippen molar-refractivity contribution < 1.29 is 14.3 Å². The fraction of sp³-hybridized carbons (Fsp3) is 0.640.